The molecule has 0 bridgehead atoms. The smallest absolute Gasteiger partial charge is 0.159 e. The number of rotatable bonds is 2. The van der Waals surface area contributed by atoms with E-state index in [2.05, 4.69) is 4.99 Å². The van der Waals surface area contributed by atoms with Crippen molar-refractivity contribution in [1.29, 1.82) is 0 Å². The van der Waals surface area contributed by atoms with Gasteiger partial charge in [0.2, 0.25) is 0 Å². The molecule has 0 saturated carbocycles. The van der Waals surface area contributed by atoms with Gasteiger partial charge in [-0.1, -0.05) is 30.3 Å². The van der Waals surface area contributed by atoms with Crippen molar-refractivity contribution in [2.45, 2.75) is 5.25 Å². The molecule has 1 aromatic carbocycles. The number of aliphatic imine (C=N–C) groups is 1. The molecule has 0 amide bonds. The number of nitrogens with zero attached hydrogens (tertiary/aromatic N) is 1. The maximum atomic E-state index is 11.5. The Hall–Kier alpha value is -1.42. The molecular formula is C11H11NO2S. The van der Waals surface area contributed by atoms with Crippen LogP contribution in [0.25, 0.3) is 0 Å². The molecule has 4 heteroatoms. The van der Waals surface area contributed by atoms with E-state index in [0.717, 1.165) is 5.56 Å². The lowest BCUT2D eigenvalue weighted by molar-refractivity contribution is 0.601. The Morgan fingerprint density at radius 3 is 2.47 bits per heavy atom. The average Bonchev–Trinajstić information content (AvgIpc) is 2.67. The number of sulfone groups is 1. The fraction of sp³-hybridized carbons (Fsp3) is 0.182. The zero-order chi connectivity index (χ0) is 10.9. The maximum absolute atomic E-state index is 11.5. The van der Waals surface area contributed by atoms with Gasteiger partial charge in [-0.25, -0.2) is 8.42 Å². The van der Waals surface area contributed by atoms with Gasteiger partial charge in [0, 0.05) is 12.5 Å². The fourth-order valence-electron chi connectivity index (χ4n) is 1.56. The molecule has 1 aromatic rings. The Morgan fingerprint density at radius 2 is 1.87 bits per heavy atom. The minimum absolute atomic E-state index is 0.597. The third kappa shape index (κ3) is 1.99. The standard InChI is InChI=1S/C11H11NO2S/c1-15(13,14)10-7-8-12-11(10)9-5-3-2-4-6-9/h2-8,10H,1H3. The van der Waals surface area contributed by atoms with Gasteiger partial charge >= 0.3 is 0 Å². The molecule has 0 aromatic heterocycles. The van der Waals surface area contributed by atoms with Gasteiger partial charge in [0.15, 0.2) is 9.84 Å². The molecule has 1 aliphatic rings. The highest BCUT2D eigenvalue weighted by Gasteiger charge is 2.27. The van der Waals surface area contributed by atoms with E-state index in [1.165, 1.54) is 6.26 Å². The molecule has 1 aliphatic heterocycles. The first kappa shape index (κ1) is 10.1. The molecule has 78 valence electrons. The topological polar surface area (TPSA) is 46.5 Å². The highest BCUT2D eigenvalue weighted by atomic mass is 32.2. The van der Waals surface area contributed by atoms with Crippen LogP contribution in [0.3, 0.4) is 0 Å². The summed E-state index contributed by atoms with van der Waals surface area (Å²) in [6.45, 7) is 0. The molecule has 0 radical (unpaired) electrons. The van der Waals surface area contributed by atoms with E-state index < -0.39 is 15.1 Å². The van der Waals surface area contributed by atoms with Gasteiger partial charge < -0.3 is 0 Å². The van der Waals surface area contributed by atoms with Crippen LogP contribution >= 0.6 is 0 Å². The van der Waals surface area contributed by atoms with Crippen LogP contribution in [0, 0.1) is 0 Å². The summed E-state index contributed by atoms with van der Waals surface area (Å²) in [5.41, 5.74) is 1.47. The van der Waals surface area contributed by atoms with Crippen LogP contribution in [0.1, 0.15) is 5.56 Å². The summed E-state index contributed by atoms with van der Waals surface area (Å²) in [5, 5.41) is -0.597. The molecule has 1 atom stereocenters. The lowest BCUT2D eigenvalue weighted by Gasteiger charge is -2.09. The second-order valence-electron chi connectivity index (χ2n) is 3.47. The highest BCUT2D eigenvalue weighted by Crippen LogP contribution is 2.17. The normalized spacial score (nSPS) is 20.3. The Bertz CT molecular complexity index is 515. The first-order valence-corrected chi connectivity index (χ1v) is 6.53. The number of hydrogen-bond acceptors (Lipinski definition) is 3. The van der Waals surface area contributed by atoms with E-state index in [-0.39, 0.29) is 0 Å². The van der Waals surface area contributed by atoms with Gasteiger partial charge in [-0.3, -0.25) is 4.99 Å². The summed E-state index contributed by atoms with van der Waals surface area (Å²) in [4.78, 5) is 4.11. The second kappa shape index (κ2) is 3.62. The van der Waals surface area contributed by atoms with Gasteiger partial charge in [-0.2, -0.15) is 0 Å². The largest absolute Gasteiger partial charge is 0.259 e. The van der Waals surface area contributed by atoms with Crippen LogP contribution in [-0.2, 0) is 9.84 Å². The van der Waals surface area contributed by atoms with E-state index >= 15 is 0 Å². The monoisotopic (exact) mass is 221 g/mol. The third-order valence-electron chi connectivity index (χ3n) is 2.27. The first-order chi connectivity index (χ1) is 7.09. The molecule has 2 rings (SSSR count). The fourth-order valence-corrected chi connectivity index (χ4v) is 2.52. The van der Waals surface area contributed by atoms with E-state index in [9.17, 15) is 8.42 Å². The lowest BCUT2D eigenvalue weighted by atomic mass is 10.1. The van der Waals surface area contributed by atoms with Crippen molar-refractivity contribution < 1.29 is 8.42 Å². The zero-order valence-corrected chi connectivity index (χ0v) is 9.11. The maximum Gasteiger partial charge on any atom is 0.159 e. The Kier molecular flexibility index (Phi) is 2.44. The molecule has 0 saturated heterocycles. The molecule has 0 N–H and O–H groups in total. The molecule has 0 spiro atoms. The van der Waals surface area contributed by atoms with Crippen molar-refractivity contribution in [3.63, 3.8) is 0 Å². The minimum atomic E-state index is -3.12. The second-order valence-corrected chi connectivity index (χ2v) is 5.64. The van der Waals surface area contributed by atoms with E-state index in [1.807, 2.05) is 30.3 Å². The van der Waals surface area contributed by atoms with Crippen molar-refractivity contribution in [2.24, 2.45) is 4.99 Å². The Labute approximate surface area is 89.1 Å². The van der Waals surface area contributed by atoms with Gasteiger partial charge in [0.1, 0.15) is 5.25 Å². The summed E-state index contributed by atoms with van der Waals surface area (Å²) < 4.78 is 23.0. The quantitative estimate of drug-likeness (QED) is 0.758. The van der Waals surface area contributed by atoms with Gasteiger partial charge in [-0.15, -0.1) is 0 Å². The van der Waals surface area contributed by atoms with Crippen LogP contribution in [0.2, 0.25) is 0 Å². The van der Waals surface area contributed by atoms with Crippen molar-refractivity contribution in [3.05, 3.63) is 48.2 Å². The summed E-state index contributed by atoms with van der Waals surface area (Å²) in [5.74, 6) is 0. The predicted molar refractivity (Wildman–Crippen MR) is 60.8 cm³/mol. The van der Waals surface area contributed by atoms with E-state index in [4.69, 9.17) is 0 Å². The predicted octanol–water partition coefficient (Wildman–Crippen LogP) is 1.42. The number of hydrogen-bond donors (Lipinski definition) is 0. The van der Waals surface area contributed by atoms with E-state index in [0.29, 0.717) is 5.71 Å². The molecule has 3 nitrogen and oxygen atoms in total. The summed E-state index contributed by atoms with van der Waals surface area (Å²) in [6.07, 6.45) is 4.39. The van der Waals surface area contributed by atoms with Crippen molar-refractivity contribution in [1.82, 2.24) is 0 Å². The molecular weight excluding hydrogens is 210 g/mol. The van der Waals surface area contributed by atoms with Gasteiger partial charge in [0.25, 0.3) is 0 Å². The van der Waals surface area contributed by atoms with Gasteiger partial charge in [0.05, 0.1) is 5.71 Å². The van der Waals surface area contributed by atoms with Crippen molar-refractivity contribution in [2.75, 3.05) is 6.26 Å². The van der Waals surface area contributed by atoms with E-state index in [1.54, 1.807) is 12.3 Å². The Balaban J connectivity index is 2.42. The van der Waals surface area contributed by atoms with Crippen LogP contribution in [0.15, 0.2) is 47.6 Å². The summed E-state index contributed by atoms with van der Waals surface area (Å²) in [7, 11) is -3.12. The molecule has 0 fully saturated rings. The average molecular weight is 221 g/mol. The molecule has 1 unspecified atom stereocenters. The first-order valence-electron chi connectivity index (χ1n) is 4.58. The van der Waals surface area contributed by atoms with Crippen molar-refractivity contribution >= 4 is 15.5 Å². The van der Waals surface area contributed by atoms with Gasteiger partial charge in [-0.05, 0) is 11.6 Å². The van der Waals surface area contributed by atoms with Crippen LogP contribution in [0.4, 0.5) is 0 Å². The molecule has 0 aliphatic carbocycles. The molecule has 15 heavy (non-hydrogen) atoms. The van der Waals surface area contributed by atoms with Crippen LogP contribution in [0.5, 0.6) is 0 Å². The lowest BCUT2D eigenvalue weighted by Crippen LogP contribution is -2.26. The SMILES string of the molecule is CS(=O)(=O)C1C=CN=C1c1ccccc1. The minimum Gasteiger partial charge on any atom is -0.259 e. The number of benzene rings is 1. The summed E-state index contributed by atoms with van der Waals surface area (Å²) in [6, 6.07) is 9.36. The Morgan fingerprint density at radius 1 is 1.20 bits per heavy atom. The van der Waals surface area contributed by atoms with Crippen LogP contribution < -0.4 is 0 Å². The third-order valence-corrected chi connectivity index (χ3v) is 3.58. The molecule has 1 heterocycles. The zero-order valence-electron chi connectivity index (χ0n) is 8.29. The van der Waals surface area contributed by atoms with Crippen molar-refractivity contribution in [3.8, 4) is 0 Å². The highest BCUT2D eigenvalue weighted by molar-refractivity contribution is 7.92. The summed E-state index contributed by atoms with van der Waals surface area (Å²) >= 11 is 0. The van der Waals surface area contributed by atoms with Crippen LogP contribution in [-0.4, -0.2) is 25.6 Å².